The van der Waals surface area contributed by atoms with E-state index in [1.54, 1.807) is 6.92 Å². The van der Waals surface area contributed by atoms with Crippen molar-refractivity contribution >= 4 is 17.4 Å². The molecule has 1 heterocycles. The maximum atomic E-state index is 13.0. The van der Waals surface area contributed by atoms with Gasteiger partial charge in [-0.2, -0.15) is 0 Å². The van der Waals surface area contributed by atoms with E-state index in [4.69, 9.17) is 5.73 Å². The highest BCUT2D eigenvalue weighted by Gasteiger charge is 2.41. The molecule has 0 aliphatic carbocycles. The Balaban J connectivity index is 1.47. The first-order valence-corrected chi connectivity index (χ1v) is 10.3. The van der Waals surface area contributed by atoms with Crippen molar-refractivity contribution in [3.63, 3.8) is 0 Å². The van der Waals surface area contributed by atoms with Gasteiger partial charge in [0.2, 0.25) is 0 Å². The minimum absolute atomic E-state index is 0.0177. The molecule has 0 spiro atoms. The van der Waals surface area contributed by atoms with E-state index in [1.807, 2.05) is 83.8 Å². The number of piperidine rings is 1. The van der Waals surface area contributed by atoms with Crippen molar-refractivity contribution in [3.05, 3.63) is 90.0 Å². The van der Waals surface area contributed by atoms with E-state index in [2.05, 4.69) is 0 Å². The summed E-state index contributed by atoms with van der Waals surface area (Å²) in [4.78, 5) is 27.4. The van der Waals surface area contributed by atoms with Crippen molar-refractivity contribution in [2.45, 2.75) is 25.2 Å². The van der Waals surface area contributed by atoms with Crippen molar-refractivity contribution < 1.29 is 9.59 Å². The smallest absolute Gasteiger partial charge is 0.253 e. The standard InChI is InChI=1S/C26H26N2O2/c1-19(29)26(23-5-3-2-4-6-23)15-17-28(18-16-26)25(30)22-9-7-20(8-10-22)21-11-13-24(27)14-12-21/h2-14H,15-18,27H2,1H3. The lowest BCUT2D eigenvalue weighted by Gasteiger charge is -2.40. The Morgan fingerprint density at radius 3 is 1.87 bits per heavy atom. The number of hydrogen-bond donors (Lipinski definition) is 1. The Morgan fingerprint density at radius 2 is 1.33 bits per heavy atom. The van der Waals surface area contributed by atoms with Crippen molar-refractivity contribution in [2.75, 3.05) is 18.8 Å². The molecular formula is C26H26N2O2. The molecule has 1 fully saturated rings. The number of carbonyl (C=O) groups excluding carboxylic acids is 2. The molecule has 1 aliphatic rings. The molecule has 4 rings (SSSR count). The summed E-state index contributed by atoms with van der Waals surface area (Å²) in [5.74, 6) is 0.192. The molecule has 4 heteroatoms. The van der Waals surface area contributed by atoms with Crippen molar-refractivity contribution in [1.29, 1.82) is 0 Å². The lowest BCUT2D eigenvalue weighted by Crippen LogP contribution is -2.48. The average molecular weight is 399 g/mol. The maximum absolute atomic E-state index is 13.0. The van der Waals surface area contributed by atoms with Gasteiger partial charge in [0.05, 0.1) is 5.41 Å². The molecule has 2 N–H and O–H groups in total. The number of nitrogen functional groups attached to an aromatic ring is 1. The van der Waals surface area contributed by atoms with Crippen LogP contribution in [-0.4, -0.2) is 29.7 Å². The normalized spacial score (nSPS) is 15.6. The van der Waals surface area contributed by atoms with Crippen LogP contribution in [0.25, 0.3) is 11.1 Å². The molecule has 0 unspecified atom stereocenters. The van der Waals surface area contributed by atoms with Gasteiger partial charge < -0.3 is 10.6 Å². The molecule has 1 aliphatic heterocycles. The highest BCUT2D eigenvalue weighted by atomic mass is 16.2. The fourth-order valence-corrected chi connectivity index (χ4v) is 4.36. The quantitative estimate of drug-likeness (QED) is 0.648. The van der Waals surface area contributed by atoms with Crippen LogP contribution in [-0.2, 0) is 10.2 Å². The van der Waals surface area contributed by atoms with E-state index in [-0.39, 0.29) is 11.7 Å². The molecular weight excluding hydrogens is 372 g/mol. The third-order valence-corrected chi connectivity index (χ3v) is 6.28. The predicted molar refractivity (Wildman–Crippen MR) is 120 cm³/mol. The Morgan fingerprint density at radius 1 is 0.800 bits per heavy atom. The Bertz CT molecular complexity index is 1030. The molecule has 30 heavy (non-hydrogen) atoms. The second-order valence-electron chi connectivity index (χ2n) is 8.00. The van der Waals surface area contributed by atoms with Crippen LogP contribution in [0, 0.1) is 0 Å². The summed E-state index contributed by atoms with van der Waals surface area (Å²) in [6.45, 7) is 2.82. The Labute approximate surface area is 177 Å². The summed E-state index contributed by atoms with van der Waals surface area (Å²) in [6.07, 6.45) is 1.31. The Hall–Kier alpha value is -3.40. The van der Waals surface area contributed by atoms with Gasteiger partial charge >= 0.3 is 0 Å². The van der Waals surface area contributed by atoms with Gasteiger partial charge in [0.15, 0.2) is 0 Å². The van der Waals surface area contributed by atoms with E-state index in [0.29, 0.717) is 31.5 Å². The zero-order chi connectivity index (χ0) is 21.1. The number of amides is 1. The SMILES string of the molecule is CC(=O)C1(c2ccccc2)CCN(C(=O)c2ccc(-c3ccc(N)cc3)cc2)CC1. The fourth-order valence-electron chi connectivity index (χ4n) is 4.36. The molecule has 3 aromatic carbocycles. The number of nitrogens with two attached hydrogens (primary N) is 1. The lowest BCUT2D eigenvalue weighted by atomic mass is 9.70. The second-order valence-corrected chi connectivity index (χ2v) is 8.00. The maximum Gasteiger partial charge on any atom is 0.253 e. The van der Waals surface area contributed by atoms with Gasteiger partial charge in [-0.3, -0.25) is 9.59 Å². The van der Waals surface area contributed by atoms with Gasteiger partial charge in [-0.15, -0.1) is 0 Å². The van der Waals surface area contributed by atoms with E-state index in [9.17, 15) is 9.59 Å². The first-order valence-electron chi connectivity index (χ1n) is 10.3. The third kappa shape index (κ3) is 3.73. The zero-order valence-corrected chi connectivity index (χ0v) is 17.2. The average Bonchev–Trinajstić information content (AvgIpc) is 2.80. The van der Waals surface area contributed by atoms with Crippen LogP contribution in [0.5, 0.6) is 0 Å². The first kappa shape index (κ1) is 19.9. The van der Waals surface area contributed by atoms with Crippen molar-refractivity contribution in [3.8, 4) is 11.1 Å². The van der Waals surface area contributed by atoms with Crippen LogP contribution in [0.4, 0.5) is 5.69 Å². The summed E-state index contributed by atoms with van der Waals surface area (Å²) in [7, 11) is 0. The van der Waals surface area contributed by atoms with Crippen LogP contribution >= 0.6 is 0 Å². The molecule has 3 aromatic rings. The number of likely N-dealkylation sites (tertiary alicyclic amines) is 1. The van der Waals surface area contributed by atoms with Crippen LogP contribution in [0.15, 0.2) is 78.9 Å². The monoisotopic (exact) mass is 398 g/mol. The van der Waals surface area contributed by atoms with E-state index >= 15 is 0 Å². The van der Waals surface area contributed by atoms with Crippen LogP contribution in [0.1, 0.15) is 35.7 Å². The number of anilines is 1. The van der Waals surface area contributed by atoms with Gasteiger partial charge in [-0.05, 0) is 60.7 Å². The van der Waals surface area contributed by atoms with Crippen molar-refractivity contribution in [2.24, 2.45) is 0 Å². The minimum Gasteiger partial charge on any atom is -0.399 e. The molecule has 1 amide bonds. The van der Waals surface area contributed by atoms with Gasteiger partial charge in [0.1, 0.15) is 5.78 Å². The highest BCUT2D eigenvalue weighted by molar-refractivity contribution is 5.95. The number of benzene rings is 3. The number of hydrogen-bond acceptors (Lipinski definition) is 3. The minimum atomic E-state index is -0.489. The largest absolute Gasteiger partial charge is 0.399 e. The van der Waals surface area contributed by atoms with Crippen molar-refractivity contribution in [1.82, 2.24) is 4.90 Å². The Kier molecular flexibility index (Phi) is 5.40. The molecule has 152 valence electrons. The van der Waals surface area contributed by atoms with E-state index in [1.165, 1.54) is 0 Å². The van der Waals surface area contributed by atoms with E-state index < -0.39 is 5.41 Å². The summed E-state index contributed by atoms with van der Waals surface area (Å²) in [5.41, 5.74) is 9.83. The topological polar surface area (TPSA) is 63.4 Å². The summed E-state index contributed by atoms with van der Waals surface area (Å²) in [6, 6.07) is 25.3. The first-order chi connectivity index (χ1) is 14.5. The molecule has 0 atom stereocenters. The van der Waals surface area contributed by atoms with Gasteiger partial charge in [0, 0.05) is 24.3 Å². The summed E-state index contributed by atoms with van der Waals surface area (Å²) < 4.78 is 0. The van der Waals surface area contributed by atoms with Crippen LogP contribution < -0.4 is 5.73 Å². The second kappa shape index (κ2) is 8.15. The number of carbonyl (C=O) groups is 2. The summed E-state index contributed by atoms with van der Waals surface area (Å²) in [5, 5.41) is 0. The molecule has 1 saturated heterocycles. The molecule has 0 aromatic heterocycles. The zero-order valence-electron chi connectivity index (χ0n) is 17.2. The number of ketones is 1. The number of nitrogens with zero attached hydrogens (tertiary/aromatic N) is 1. The predicted octanol–water partition coefficient (Wildman–Crippen LogP) is 4.70. The number of rotatable bonds is 4. The van der Waals surface area contributed by atoms with Gasteiger partial charge in [-0.25, -0.2) is 0 Å². The molecule has 4 nitrogen and oxygen atoms in total. The number of Topliss-reactive ketones (excluding diaryl/α,β-unsaturated/α-hetero) is 1. The van der Waals surface area contributed by atoms with E-state index in [0.717, 1.165) is 22.4 Å². The molecule has 0 saturated carbocycles. The fraction of sp³-hybridized carbons (Fsp3) is 0.231. The molecule has 0 bridgehead atoms. The molecule has 0 radical (unpaired) electrons. The van der Waals surface area contributed by atoms with Crippen LogP contribution in [0.2, 0.25) is 0 Å². The lowest BCUT2D eigenvalue weighted by molar-refractivity contribution is -0.124. The van der Waals surface area contributed by atoms with Gasteiger partial charge in [0.25, 0.3) is 5.91 Å². The summed E-state index contributed by atoms with van der Waals surface area (Å²) >= 11 is 0. The third-order valence-electron chi connectivity index (χ3n) is 6.28. The highest BCUT2D eigenvalue weighted by Crippen LogP contribution is 2.37. The van der Waals surface area contributed by atoms with Gasteiger partial charge in [-0.1, -0.05) is 54.6 Å². The van der Waals surface area contributed by atoms with Crippen LogP contribution in [0.3, 0.4) is 0 Å².